The molecule has 7 nitrogen and oxygen atoms in total. The number of hydrogen-bond acceptors (Lipinski definition) is 6. The number of nitrogens with one attached hydrogen (secondary N) is 1. The van der Waals surface area contributed by atoms with E-state index in [1.807, 2.05) is 25.2 Å². The maximum atomic E-state index is 12.2. The highest BCUT2D eigenvalue weighted by atomic mass is 16.3. The van der Waals surface area contributed by atoms with Crippen LogP contribution in [0.3, 0.4) is 0 Å². The van der Waals surface area contributed by atoms with Crippen LogP contribution in [-0.4, -0.2) is 49.8 Å². The minimum Gasteiger partial charge on any atom is -0.504 e. The van der Waals surface area contributed by atoms with Gasteiger partial charge < -0.3 is 30.8 Å². The van der Waals surface area contributed by atoms with Crippen LogP contribution in [0, 0.1) is 11.8 Å². The Hall–Kier alpha value is -2.35. The maximum Gasteiger partial charge on any atom is 0.220 e. The third-order valence-corrected chi connectivity index (χ3v) is 6.80. The molecule has 6 N–H and O–H groups in total. The lowest BCUT2D eigenvalue weighted by molar-refractivity contribution is -0.121. The summed E-state index contributed by atoms with van der Waals surface area (Å²) in [5.74, 6) is -0.764. The molecule has 7 heteroatoms. The Labute approximate surface area is 209 Å². The number of unbranched alkanes of at least 4 members (excludes halogenated alkanes) is 3. The highest BCUT2D eigenvalue weighted by Crippen LogP contribution is 2.36. The van der Waals surface area contributed by atoms with Gasteiger partial charge in [0, 0.05) is 18.8 Å². The molecule has 35 heavy (non-hydrogen) atoms. The molecule has 0 bridgehead atoms. The zero-order chi connectivity index (χ0) is 25.8. The van der Waals surface area contributed by atoms with Crippen molar-refractivity contribution in [3.63, 3.8) is 0 Å². The second kappa shape index (κ2) is 14.9. The van der Waals surface area contributed by atoms with Crippen molar-refractivity contribution in [1.29, 1.82) is 0 Å². The third-order valence-electron chi connectivity index (χ3n) is 6.80. The molecular weight excluding hydrogens is 446 g/mol. The lowest BCUT2D eigenvalue weighted by Gasteiger charge is -2.19. The van der Waals surface area contributed by atoms with Gasteiger partial charge in [-0.2, -0.15) is 0 Å². The van der Waals surface area contributed by atoms with Crippen molar-refractivity contribution in [2.45, 2.75) is 96.0 Å². The van der Waals surface area contributed by atoms with E-state index in [1.54, 1.807) is 12.1 Å². The van der Waals surface area contributed by atoms with E-state index in [0.717, 1.165) is 25.7 Å². The molecule has 2 unspecified atom stereocenters. The fraction of sp³-hybridized carbons (Fsp3) is 0.607. The average Bonchev–Trinajstić information content (AvgIpc) is 3.08. The quantitative estimate of drug-likeness (QED) is 0.132. The summed E-state index contributed by atoms with van der Waals surface area (Å²) in [6.07, 6.45) is 12.6. The van der Waals surface area contributed by atoms with Gasteiger partial charge in [-0.25, -0.2) is 0 Å². The van der Waals surface area contributed by atoms with Gasteiger partial charge in [0.2, 0.25) is 5.91 Å². The SMILES string of the molecule is CCCCCC(O)/C=C/[C@@H]1[C@@H](C/C=C\CCCC(=O)NC(C)c2ccc(O)c(O)c2)[C@@H](O)C[C@H]1O. The zero-order valence-electron chi connectivity index (χ0n) is 21.0. The molecule has 1 aliphatic carbocycles. The van der Waals surface area contributed by atoms with Crippen molar-refractivity contribution in [1.82, 2.24) is 5.32 Å². The first kappa shape index (κ1) is 28.9. The summed E-state index contributed by atoms with van der Waals surface area (Å²) in [5.41, 5.74) is 0.711. The molecule has 2 rings (SSSR count). The van der Waals surface area contributed by atoms with E-state index in [4.69, 9.17) is 0 Å². The number of allylic oxidation sites excluding steroid dienone is 2. The number of carbonyl (C=O) groups excluding carboxylic acids is 1. The number of hydrogen-bond donors (Lipinski definition) is 6. The second-order valence-corrected chi connectivity index (χ2v) is 9.70. The molecule has 1 amide bonds. The monoisotopic (exact) mass is 489 g/mol. The van der Waals surface area contributed by atoms with Gasteiger partial charge in [0.05, 0.1) is 24.4 Å². The number of phenols is 2. The Morgan fingerprint density at radius 2 is 1.89 bits per heavy atom. The fourth-order valence-corrected chi connectivity index (χ4v) is 4.62. The first-order valence-electron chi connectivity index (χ1n) is 12.9. The van der Waals surface area contributed by atoms with Crippen molar-refractivity contribution in [3.05, 3.63) is 48.1 Å². The van der Waals surface area contributed by atoms with E-state index in [1.165, 1.54) is 12.1 Å². The van der Waals surface area contributed by atoms with E-state index in [9.17, 15) is 30.3 Å². The molecule has 0 aromatic heterocycles. The molecule has 1 aromatic rings. The summed E-state index contributed by atoms with van der Waals surface area (Å²) in [7, 11) is 0. The Morgan fingerprint density at radius 3 is 2.60 bits per heavy atom. The van der Waals surface area contributed by atoms with Gasteiger partial charge in [-0.05, 0) is 56.2 Å². The molecule has 6 atom stereocenters. The fourth-order valence-electron chi connectivity index (χ4n) is 4.62. The average molecular weight is 490 g/mol. The summed E-state index contributed by atoms with van der Waals surface area (Å²) >= 11 is 0. The molecule has 1 aliphatic rings. The van der Waals surface area contributed by atoms with Crippen LogP contribution in [0.4, 0.5) is 0 Å². The predicted octanol–water partition coefficient (Wildman–Crippen LogP) is 4.25. The van der Waals surface area contributed by atoms with Gasteiger partial charge >= 0.3 is 0 Å². The molecule has 0 radical (unpaired) electrons. The lowest BCUT2D eigenvalue weighted by Crippen LogP contribution is -2.26. The minimum absolute atomic E-state index is 0.0875. The van der Waals surface area contributed by atoms with E-state index in [0.29, 0.717) is 37.7 Å². The smallest absolute Gasteiger partial charge is 0.220 e. The van der Waals surface area contributed by atoms with E-state index in [2.05, 4.69) is 12.2 Å². The number of carbonyl (C=O) groups is 1. The Balaban J connectivity index is 1.73. The minimum atomic E-state index is -0.608. The Kier molecular flexibility index (Phi) is 12.3. The van der Waals surface area contributed by atoms with E-state index < -0.39 is 18.3 Å². The van der Waals surface area contributed by atoms with Gasteiger partial charge in [-0.3, -0.25) is 4.79 Å². The van der Waals surface area contributed by atoms with E-state index >= 15 is 0 Å². The van der Waals surface area contributed by atoms with Crippen molar-refractivity contribution in [2.24, 2.45) is 11.8 Å². The molecular formula is C28H43NO6. The van der Waals surface area contributed by atoms with Crippen LogP contribution in [0.15, 0.2) is 42.5 Å². The predicted molar refractivity (Wildman–Crippen MR) is 137 cm³/mol. The molecule has 1 saturated carbocycles. The van der Waals surface area contributed by atoms with Gasteiger partial charge in [-0.15, -0.1) is 0 Å². The van der Waals surface area contributed by atoms with Crippen LogP contribution in [0.5, 0.6) is 11.5 Å². The number of aliphatic hydroxyl groups is 3. The normalized spacial score (nSPS) is 24.3. The van der Waals surface area contributed by atoms with Crippen molar-refractivity contribution < 1.29 is 30.3 Å². The maximum absolute atomic E-state index is 12.2. The van der Waals surface area contributed by atoms with Crippen LogP contribution in [0.25, 0.3) is 0 Å². The highest BCUT2D eigenvalue weighted by Gasteiger charge is 2.39. The van der Waals surface area contributed by atoms with Crippen LogP contribution >= 0.6 is 0 Å². The van der Waals surface area contributed by atoms with Crippen molar-refractivity contribution in [3.8, 4) is 11.5 Å². The van der Waals surface area contributed by atoms with Crippen molar-refractivity contribution in [2.75, 3.05) is 0 Å². The number of benzene rings is 1. The topological polar surface area (TPSA) is 130 Å². The molecule has 196 valence electrons. The van der Waals surface area contributed by atoms with Gasteiger partial charge in [-0.1, -0.05) is 56.6 Å². The standard InChI is InChI=1S/C28H43NO6/c1-3-4-7-10-21(30)14-15-23-22(25(32)18-26(23)33)11-8-5-6-9-12-28(35)29-19(2)20-13-16-24(31)27(34)17-20/h5,8,13-17,19,21-23,25-26,30-34H,3-4,6-7,9-12,18H2,1-2H3,(H,29,35)/b8-5-,15-14+/t19?,21?,22-,23-,25+,26-/m1/s1. The number of rotatable bonds is 14. The van der Waals surface area contributed by atoms with Crippen LogP contribution < -0.4 is 5.32 Å². The first-order chi connectivity index (χ1) is 16.7. The lowest BCUT2D eigenvalue weighted by atomic mass is 9.89. The van der Waals surface area contributed by atoms with Crippen molar-refractivity contribution >= 4 is 5.91 Å². The summed E-state index contributed by atoms with van der Waals surface area (Å²) < 4.78 is 0. The largest absolute Gasteiger partial charge is 0.504 e. The molecule has 0 heterocycles. The van der Waals surface area contributed by atoms with E-state index in [-0.39, 0.29) is 35.3 Å². The summed E-state index contributed by atoms with van der Waals surface area (Å²) in [6.45, 7) is 3.94. The zero-order valence-corrected chi connectivity index (χ0v) is 21.0. The second-order valence-electron chi connectivity index (χ2n) is 9.70. The Morgan fingerprint density at radius 1 is 1.11 bits per heavy atom. The molecule has 0 saturated heterocycles. The molecule has 0 spiro atoms. The summed E-state index contributed by atoms with van der Waals surface area (Å²) in [4.78, 5) is 12.2. The molecule has 1 fully saturated rings. The number of phenolic OH excluding ortho intramolecular Hbond substituents is 2. The molecule has 1 aromatic carbocycles. The highest BCUT2D eigenvalue weighted by molar-refractivity contribution is 5.76. The number of aliphatic hydroxyl groups excluding tert-OH is 3. The number of aromatic hydroxyl groups is 2. The van der Waals surface area contributed by atoms with Crippen LogP contribution in [-0.2, 0) is 4.79 Å². The van der Waals surface area contributed by atoms with Gasteiger partial charge in [0.1, 0.15) is 0 Å². The summed E-state index contributed by atoms with van der Waals surface area (Å²) in [5, 5.41) is 52.8. The van der Waals surface area contributed by atoms with Crippen LogP contribution in [0.2, 0.25) is 0 Å². The Bertz CT molecular complexity index is 839. The third kappa shape index (κ3) is 9.67. The first-order valence-corrected chi connectivity index (χ1v) is 12.9. The van der Waals surface area contributed by atoms with Crippen LogP contribution in [0.1, 0.15) is 83.2 Å². The molecule has 0 aliphatic heterocycles. The summed E-state index contributed by atoms with van der Waals surface area (Å²) in [6, 6.07) is 4.21. The van der Waals surface area contributed by atoms with Gasteiger partial charge in [0.25, 0.3) is 0 Å². The number of amides is 1. The van der Waals surface area contributed by atoms with Gasteiger partial charge in [0.15, 0.2) is 11.5 Å².